The Morgan fingerprint density at radius 2 is 1.87 bits per heavy atom. The molecular weight excluding hydrogens is 337 g/mol. The second kappa shape index (κ2) is 6.26. The summed E-state index contributed by atoms with van der Waals surface area (Å²) < 4.78 is 12.6. The molecule has 0 atom stereocenters. The molecule has 8 heteroatoms. The van der Waals surface area contributed by atoms with E-state index in [0.717, 1.165) is 11.3 Å². The van der Waals surface area contributed by atoms with E-state index in [9.17, 15) is 4.57 Å². The Balaban J connectivity index is 1.84. The van der Waals surface area contributed by atoms with E-state index in [0.29, 0.717) is 16.3 Å². The zero-order valence-electron chi connectivity index (χ0n) is 11.9. The molecule has 0 radical (unpaired) electrons. The lowest BCUT2D eigenvalue weighted by Crippen LogP contribution is -1.95. The van der Waals surface area contributed by atoms with Gasteiger partial charge >= 0.3 is 7.60 Å². The minimum atomic E-state index is -4.06. The molecule has 0 spiro atoms. The van der Waals surface area contributed by atoms with Gasteiger partial charge in [0.15, 0.2) is 0 Å². The molecule has 1 aromatic heterocycles. The van der Waals surface area contributed by atoms with E-state index in [-0.39, 0.29) is 6.16 Å². The van der Waals surface area contributed by atoms with Crippen LogP contribution in [0.4, 0.5) is 0 Å². The van der Waals surface area contributed by atoms with Crippen molar-refractivity contribution in [2.24, 2.45) is 0 Å². The molecule has 0 aliphatic rings. The van der Waals surface area contributed by atoms with Crippen LogP contribution in [-0.2, 0) is 10.7 Å². The Hall–Kier alpha value is -1.98. The third kappa shape index (κ3) is 4.06. The minimum absolute atomic E-state index is 0.279. The largest absolute Gasteiger partial charge is 0.329 e. The predicted octanol–water partition coefficient (Wildman–Crippen LogP) is 3.27. The number of hydrogen-bond acceptors (Lipinski definition) is 3. The standard InChI is InChI=1S/C15H13ClN3O3P/c16-13-3-1-2-12(8-13)15-9-19(18-17-15)14-6-4-11(5-7-14)10-23(20,21)22/h1-9H,10H2,(H2,20,21,22). The van der Waals surface area contributed by atoms with Gasteiger partial charge in [-0.2, -0.15) is 0 Å². The van der Waals surface area contributed by atoms with E-state index in [1.165, 1.54) is 0 Å². The van der Waals surface area contributed by atoms with E-state index in [1.807, 2.05) is 12.1 Å². The Bertz CT molecular complexity index is 874. The minimum Gasteiger partial charge on any atom is -0.324 e. The van der Waals surface area contributed by atoms with Gasteiger partial charge in [0.25, 0.3) is 0 Å². The molecule has 2 aromatic carbocycles. The van der Waals surface area contributed by atoms with Crippen molar-refractivity contribution in [2.45, 2.75) is 6.16 Å². The highest BCUT2D eigenvalue weighted by atomic mass is 35.5. The van der Waals surface area contributed by atoms with Crippen LogP contribution in [0, 0.1) is 0 Å². The number of benzene rings is 2. The maximum absolute atomic E-state index is 11.0. The molecule has 0 saturated heterocycles. The highest BCUT2D eigenvalue weighted by molar-refractivity contribution is 7.50. The van der Waals surface area contributed by atoms with Crippen LogP contribution >= 0.6 is 19.2 Å². The fourth-order valence-electron chi connectivity index (χ4n) is 2.16. The summed E-state index contributed by atoms with van der Waals surface area (Å²) in [7, 11) is -4.06. The van der Waals surface area contributed by atoms with Gasteiger partial charge < -0.3 is 9.79 Å². The second-order valence-electron chi connectivity index (χ2n) is 5.05. The summed E-state index contributed by atoms with van der Waals surface area (Å²) in [6.07, 6.45) is 1.49. The van der Waals surface area contributed by atoms with E-state index >= 15 is 0 Å². The second-order valence-corrected chi connectivity index (χ2v) is 7.13. The van der Waals surface area contributed by atoms with Crippen LogP contribution in [0.1, 0.15) is 5.56 Å². The molecule has 0 aliphatic carbocycles. The van der Waals surface area contributed by atoms with Crippen LogP contribution < -0.4 is 0 Å². The van der Waals surface area contributed by atoms with E-state index in [2.05, 4.69) is 10.3 Å². The molecule has 6 nitrogen and oxygen atoms in total. The molecule has 1 heterocycles. The number of aromatic nitrogens is 3. The highest BCUT2D eigenvalue weighted by Crippen LogP contribution is 2.39. The summed E-state index contributed by atoms with van der Waals surface area (Å²) in [5, 5.41) is 8.81. The molecule has 3 aromatic rings. The Labute approximate surface area is 137 Å². The zero-order valence-corrected chi connectivity index (χ0v) is 13.5. The normalized spacial score (nSPS) is 11.6. The van der Waals surface area contributed by atoms with Gasteiger partial charge in [0.2, 0.25) is 0 Å². The maximum Gasteiger partial charge on any atom is 0.329 e. The molecule has 0 bridgehead atoms. The highest BCUT2D eigenvalue weighted by Gasteiger charge is 2.14. The first-order valence-electron chi connectivity index (χ1n) is 6.73. The first-order valence-corrected chi connectivity index (χ1v) is 8.90. The molecule has 2 N–H and O–H groups in total. The molecule has 0 saturated carbocycles. The lowest BCUT2D eigenvalue weighted by molar-refractivity contribution is 0.371. The summed E-state index contributed by atoms with van der Waals surface area (Å²) in [5.74, 6) is 0. The molecule has 0 amide bonds. The fourth-order valence-corrected chi connectivity index (χ4v) is 3.04. The molecule has 23 heavy (non-hydrogen) atoms. The Kier molecular flexibility index (Phi) is 4.33. The molecule has 0 fully saturated rings. The number of nitrogens with zero attached hydrogens (tertiary/aromatic N) is 3. The van der Waals surface area contributed by atoms with Crippen LogP contribution in [0.2, 0.25) is 5.02 Å². The summed E-state index contributed by atoms with van der Waals surface area (Å²) in [6, 6.07) is 14.1. The van der Waals surface area contributed by atoms with Crippen molar-refractivity contribution in [3.63, 3.8) is 0 Å². The van der Waals surface area contributed by atoms with Gasteiger partial charge in [0, 0.05) is 10.6 Å². The molecule has 0 unspecified atom stereocenters. The molecule has 0 aliphatic heterocycles. The van der Waals surface area contributed by atoms with E-state index in [4.69, 9.17) is 21.4 Å². The van der Waals surface area contributed by atoms with Crippen molar-refractivity contribution in [1.29, 1.82) is 0 Å². The molecule has 118 valence electrons. The van der Waals surface area contributed by atoms with Gasteiger partial charge in [-0.05, 0) is 29.8 Å². The Morgan fingerprint density at radius 1 is 1.13 bits per heavy atom. The average Bonchev–Trinajstić information content (AvgIpc) is 2.96. The third-order valence-corrected chi connectivity index (χ3v) is 4.22. The Morgan fingerprint density at radius 3 is 2.52 bits per heavy atom. The molecular formula is C15H13ClN3O3P. The van der Waals surface area contributed by atoms with Crippen LogP contribution in [0.3, 0.4) is 0 Å². The van der Waals surface area contributed by atoms with Crippen molar-refractivity contribution in [2.75, 3.05) is 0 Å². The maximum atomic E-state index is 11.0. The van der Waals surface area contributed by atoms with Gasteiger partial charge in [0.05, 0.1) is 18.0 Å². The van der Waals surface area contributed by atoms with Crippen molar-refractivity contribution >= 4 is 19.2 Å². The van der Waals surface area contributed by atoms with Gasteiger partial charge in [-0.3, -0.25) is 4.57 Å². The van der Waals surface area contributed by atoms with Crippen LogP contribution in [0.25, 0.3) is 16.9 Å². The fraction of sp³-hybridized carbons (Fsp3) is 0.0667. The topological polar surface area (TPSA) is 88.2 Å². The van der Waals surface area contributed by atoms with E-state index in [1.54, 1.807) is 47.3 Å². The van der Waals surface area contributed by atoms with Gasteiger partial charge in [-0.25, -0.2) is 4.68 Å². The van der Waals surface area contributed by atoms with Crippen molar-refractivity contribution in [1.82, 2.24) is 15.0 Å². The smallest absolute Gasteiger partial charge is 0.324 e. The monoisotopic (exact) mass is 349 g/mol. The van der Waals surface area contributed by atoms with Crippen LogP contribution in [0.15, 0.2) is 54.7 Å². The lowest BCUT2D eigenvalue weighted by Gasteiger charge is -2.05. The van der Waals surface area contributed by atoms with Crippen LogP contribution in [-0.4, -0.2) is 24.8 Å². The summed E-state index contributed by atoms with van der Waals surface area (Å²) in [6.45, 7) is 0. The van der Waals surface area contributed by atoms with Gasteiger partial charge in [0.1, 0.15) is 5.69 Å². The first-order chi connectivity index (χ1) is 10.9. The van der Waals surface area contributed by atoms with Gasteiger partial charge in [-0.15, -0.1) is 5.10 Å². The zero-order chi connectivity index (χ0) is 16.4. The van der Waals surface area contributed by atoms with Crippen molar-refractivity contribution in [3.8, 4) is 16.9 Å². The van der Waals surface area contributed by atoms with E-state index < -0.39 is 7.60 Å². The number of rotatable bonds is 4. The SMILES string of the molecule is O=P(O)(O)Cc1ccc(-n2cc(-c3cccc(Cl)c3)nn2)cc1. The first kappa shape index (κ1) is 15.9. The summed E-state index contributed by atoms with van der Waals surface area (Å²) in [4.78, 5) is 18.0. The number of hydrogen-bond donors (Lipinski definition) is 2. The predicted molar refractivity (Wildman–Crippen MR) is 87.6 cm³/mol. The van der Waals surface area contributed by atoms with Crippen molar-refractivity contribution < 1.29 is 14.4 Å². The quantitative estimate of drug-likeness (QED) is 0.706. The molecule has 3 rings (SSSR count). The lowest BCUT2D eigenvalue weighted by atomic mass is 10.2. The van der Waals surface area contributed by atoms with Crippen LogP contribution in [0.5, 0.6) is 0 Å². The third-order valence-electron chi connectivity index (χ3n) is 3.20. The number of halogens is 1. The van der Waals surface area contributed by atoms with Gasteiger partial charge in [-0.1, -0.05) is 41.1 Å². The summed E-state index contributed by atoms with van der Waals surface area (Å²) in [5.41, 5.74) is 2.87. The van der Waals surface area contributed by atoms with Crippen molar-refractivity contribution in [3.05, 3.63) is 65.3 Å². The summed E-state index contributed by atoms with van der Waals surface area (Å²) >= 11 is 5.97. The average molecular weight is 350 g/mol.